The van der Waals surface area contributed by atoms with E-state index >= 15 is 0 Å². The molecule has 4 N–H and O–H groups in total. The average Bonchev–Trinajstić information content (AvgIpc) is 3.40. The summed E-state index contributed by atoms with van der Waals surface area (Å²) in [6.45, 7) is 1.99. The maximum absolute atomic E-state index is 12.9. The number of nitrogens with zero attached hydrogens (tertiary/aromatic N) is 2. The number of fused-ring (bicyclic) bond motifs is 2. The molecule has 4 aromatic rings. The third kappa shape index (κ3) is 5.05. The SMILES string of the molecule is Cc1[nH]nc2ccc(C(=O)NNC(=S)N[C@H](Cc3ccccc3)CN3C(=O)c4ccccc4C3=O)cc12. The van der Waals surface area contributed by atoms with Crippen molar-refractivity contribution in [2.24, 2.45) is 0 Å². The summed E-state index contributed by atoms with van der Waals surface area (Å²) in [5.41, 5.74) is 9.20. The van der Waals surface area contributed by atoms with Crippen LogP contribution in [0.2, 0.25) is 0 Å². The molecule has 5 rings (SSSR count). The second-order valence-electron chi connectivity index (χ2n) is 8.79. The molecule has 3 aromatic carbocycles. The molecule has 1 atom stereocenters. The molecule has 2 heterocycles. The fraction of sp³-hybridized carbons (Fsp3) is 0.148. The highest BCUT2D eigenvalue weighted by atomic mass is 32.1. The minimum Gasteiger partial charge on any atom is -0.356 e. The lowest BCUT2D eigenvalue weighted by molar-refractivity contribution is 0.0641. The van der Waals surface area contributed by atoms with Crippen molar-refractivity contribution in [1.29, 1.82) is 0 Å². The first-order valence-electron chi connectivity index (χ1n) is 11.7. The molecule has 0 saturated heterocycles. The Hall–Kier alpha value is -4.57. The summed E-state index contributed by atoms with van der Waals surface area (Å²) in [5, 5.41) is 11.2. The van der Waals surface area contributed by atoms with Crippen molar-refractivity contribution in [2.75, 3.05) is 6.54 Å². The van der Waals surface area contributed by atoms with E-state index in [9.17, 15) is 14.4 Å². The molecule has 3 amide bonds. The Labute approximate surface area is 218 Å². The Morgan fingerprint density at radius 1 is 0.973 bits per heavy atom. The third-order valence-corrected chi connectivity index (χ3v) is 6.46. The molecule has 0 radical (unpaired) electrons. The van der Waals surface area contributed by atoms with Crippen LogP contribution in [0.25, 0.3) is 10.9 Å². The summed E-state index contributed by atoms with van der Waals surface area (Å²) in [6.07, 6.45) is 0.500. The van der Waals surface area contributed by atoms with E-state index in [1.807, 2.05) is 37.3 Å². The van der Waals surface area contributed by atoms with E-state index in [1.54, 1.807) is 42.5 Å². The number of aromatic nitrogens is 2. The van der Waals surface area contributed by atoms with Gasteiger partial charge in [0.15, 0.2) is 5.11 Å². The van der Waals surface area contributed by atoms with Gasteiger partial charge in [-0.05, 0) is 61.5 Å². The highest BCUT2D eigenvalue weighted by molar-refractivity contribution is 7.80. The van der Waals surface area contributed by atoms with E-state index in [-0.39, 0.29) is 29.4 Å². The molecule has 10 heteroatoms. The van der Waals surface area contributed by atoms with Gasteiger partial charge in [-0.1, -0.05) is 42.5 Å². The van der Waals surface area contributed by atoms with Crippen LogP contribution in [0.5, 0.6) is 0 Å². The molecule has 1 aromatic heterocycles. The van der Waals surface area contributed by atoms with Gasteiger partial charge in [0.1, 0.15) is 0 Å². The third-order valence-electron chi connectivity index (χ3n) is 6.24. The zero-order valence-corrected chi connectivity index (χ0v) is 20.8. The van der Waals surface area contributed by atoms with Crippen molar-refractivity contribution in [3.63, 3.8) is 0 Å². The monoisotopic (exact) mass is 512 g/mol. The van der Waals surface area contributed by atoms with E-state index in [1.165, 1.54) is 4.90 Å². The number of H-pyrrole nitrogens is 1. The van der Waals surface area contributed by atoms with E-state index in [0.29, 0.717) is 23.1 Å². The first kappa shape index (κ1) is 24.1. The number of nitrogens with one attached hydrogen (secondary N) is 4. The van der Waals surface area contributed by atoms with Crippen molar-refractivity contribution >= 4 is 46.0 Å². The normalized spacial score (nSPS) is 13.4. The predicted octanol–water partition coefficient (Wildman–Crippen LogP) is 2.89. The number of aromatic amines is 1. The number of hydrazine groups is 1. The molecule has 0 saturated carbocycles. The van der Waals surface area contributed by atoms with E-state index in [2.05, 4.69) is 26.4 Å². The summed E-state index contributed by atoms with van der Waals surface area (Å²) in [4.78, 5) is 39.8. The molecule has 186 valence electrons. The molecule has 0 bridgehead atoms. The number of amides is 3. The molecule has 1 aliphatic rings. The van der Waals surface area contributed by atoms with Crippen molar-refractivity contribution in [2.45, 2.75) is 19.4 Å². The number of rotatable bonds is 6. The highest BCUT2D eigenvalue weighted by Gasteiger charge is 2.36. The van der Waals surface area contributed by atoms with Gasteiger partial charge in [-0.25, -0.2) is 0 Å². The molecule has 9 nitrogen and oxygen atoms in total. The second-order valence-corrected chi connectivity index (χ2v) is 9.19. The standard InChI is InChI=1S/C27H24N6O3S/c1-16-22-14-18(11-12-23(22)30-29-16)24(34)31-32-27(37)28-19(13-17-7-3-2-4-8-17)15-33-25(35)20-9-5-6-10-21(20)26(33)36/h2-12,14,19H,13,15H2,1H3,(H,29,30)(H,31,34)(H2,28,32,37)/t19-/m1/s1. The highest BCUT2D eigenvalue weighted by Crippen LogP contribution is 2.23. The maximum Gasteiger partial charge on any atom is 0.269 e. The van der Waals surface area contributed by atoms with Crippen molar-refractivity contribution in [3.05, 3.63) is 101 Å². The van der Waals surface area contributed by atoms with Gasteiger partial charge in [-0.2, -0.15) is 5.10 Å². The van der Waals surface area contributed by atoms with Crippen LogP contribution in [0.15, 0.2) is 72.8 Å². The van der Waals surface area contributed by atoms with Crippen LogP contribution in [0.1, 0.15) is 42.3 Å². The smallest absolute Gasteiger partial charge is 0.269 e. The lowest BCUT2D eigenvalue weighted by Gasteiger charge is -2.25. The molecule has 0 fully saturated rings. The van der Waals surface area contributed by atoms with Crippen LogP contribution in [-0.4, -0.2) is 50.5 Å². The Kier molecular flexibility index (Phi) is 6.65. The summed E-state index contributed by atoms with van der Waals surface area (Å²) < 4.78 is 0. The lowest BCUT2D eigenvalue weighted by atomic mass is 10.1. The van der Waals surface area contributed by atoms with Crippen LogP contribution in [0.3, 0.4) is 0 Å². The Balaban J connectivity index is 1.26. The van der Waals surface area contributed by atoms with Gasteiger partial charge in [0, 0.05) is 23.2 Å². The predicted molar refractivity (Wildman–Crippen MR) is 143 cm³/mol. The average molecular weight is 513 g/mol. The minimum atomic E-state index is -0.397. The fourth-order valence-corrected chi connectivity index (χ4v) is 4.59. The Morgan fingerprint density at radius 3 is 2.35 bits per heavy atom. The van der Waals surface area contributed by atoms with Gasteiger partial charge < -0.3 is 5.32 Å². The van der Waals surface area contributed by atoms with Gasteiger partial charge in [0.25, 0.3) is 17.7 Å². The van der Waals surface area contributed by atoms with E-state index in [0.717, 1.165) is 22.2 Å². The first-order valence-corrected chi connectivity index (χ1v) is 12.1. The van der Waals surface area contributed by atoms with Crippen molar-refractivity contribution in [1.82, 2.24) is 31.3 Å². The lowest BCUT2D eigenvalue weighted by Crippen LogP contribution is -2.53. The zero-order valence-electron chi connectivity index (χ0n) is 19.9. The quantitative estimate of drug-likeness (QED) is 0.178. The molecule has 37 heavy (non-hydrogen) atoms. The first-order chi connectivity index (χ1) is 17.9. The largest absolute Gasteiger partial charge is 0.356 e. The second kappa shape index (κ2) is 10.2. The van der Waals surface area contributed by atoms with Crippen molar-refractivity contribution in [3.8, 4) is 0 Å². The van der Waals surface area contributed by atoms with Gasteiger partial charge in [0.05, 0.1) is 22.7 Å². The fourth-order valence-electron chi connectivity index (χ4n) is 4.37. The summed E-state index contributed by atoms with van der Waals surface area (Å²) in [5.74, 6) is -1.04. The number of carbonyl (C=O) groups excluding carboxylic acids is 3. The molecule has 1 aliphatic heterocycles. The van der Waals surface area contributed by atoms with Crippen LogP contribution in [0, 0.1) is 6.92 Å². The van der Waals surface area contributed by atoms with Crippen LogP contribution >= 0.6 is 12.2 Å². The van der Waals surface area contributed by atoms with Crippen LogP contribution in [-0.2, 0) is 6.42 Å². The number of imide groups is 1. The van der Waals surface area contributed by atoms with Crippen molar-refractivity contribution < 1.29 is 14.4 Å². The topological polar surface area (TPSA) is 119 Å². The van der Waals surface area contributed by atoms with Gasteiger partial charge in [-0.3, -0.25) is 35.2 Å². The van der Waals surface area contributed by atoms with Crippen LogP contribution < -0.4 is 16.2 Å². The van der Waals surface area contributed by atoms with E-state index < -0.39 is 6.04 Å². The zero-order chi connectivity index (χ0) is 25.9. The number of hydrogen-bond donors (Lipinski definition) is 4. The number of benzene rings is 3. The Bertz CT molecular complexity index is 1480. The van der Waals surface area contributed by atoms with Gasteiger partial charge in [-0.15, -0.1) is 0 Å². The van der Waals surface area contributed by atoms with Gasteiger partial charge >= 0.3 is 0 Å². The number of hydrogen-bond acceptors (Lipinski definition) is 5. The summed E-state index contributed by atoms with van der Waals surface area (Å²) in [7, 11) is 0. The van der Waals surface area contributed by atoms with Crippen LogP contribution in [0.4, 0.5) is 0 Å². The minimum absolute atomic E-state index is 0.105. The maximum atomic E-state index is 12.9. The number of thiocarbonyl (C=S) groups is 1. The Morgan fingerprint density at radius 2 is 1.65 bits per heavy atom. The molecular weight excluding hydrogens is 488 g/mol. The summed E-state index contributed by atoms with van der Waals surface area (Å²) >= 11 is 5.43. The molecular formula is C27H24N6O3S. The number of aryl methyl sites for hydroxylation is 1. The summed E-state index contributed by atoms with van der Waals surface area (Å²) in [6, 6.07) is 21.3. The molecule has 0 aliphatic carbocycles. The van der Waals surface area contributed by atoms with Gasteiger partial charge in [0.2, 0.25) is 0 Å². The number of carbonyl (C=O) groups is 3. The molecule has 0 spiro atoms. The molecule has 0 unspecified atom stereocenters. The van der Waals surface area contributed by atoms with E-state index in [4.69, 9.17) is 12.2 Å².